The van der Waals surface area contributed by atoms with E-state index in [0.29, 0.717) is 31.2 Å². The van der Waals surface area contributed by atoms with Crippen LogP contribution < -0.4 is 10.1 Å². The van der Waals surface area contributed by atoms with Crippen molar-refractivity contribution in [2.24, 2.45) is 5.92 Å². The molecule has 7 heteroatoms. The van der Waals surface area contributed by atoms with E-state index in [0.717, 1.165) is 27.1 Å². The number of halogens is 1. The summed E-state index contributed by atoms with van der Waals surface area (Å²) in [5, 5.41) is 3.00. The minimum Gasteiger partial charge on any atom is -0.497 e. The zero-order valence-electron chi connectivity index (χ0n) is 19.3. The molecule has 0 bridgehead atoms. The molecule has 2 aromatic rings. The molecular formula is C25H33BrN2O3S. The minimum atomic E-state index is -0.503. The molecule has 0 aliphatic carbocycles. The molecule has 0 unspecified atom stereocenters. The number of nitrogens with zero attached hydrogens (tertiary/aromatic N) is 1. The van der Waals surface area contributed by atoms with Gasteiger partial charge in [-0.1, -0.05) is 61.0 Å². The number of amides is 2. The summed E-state index contributed by atoms with van der Waals surface area (Å²) in [6.07, 6.45) is 0.559. The molecule has 0 aliphatic heterocycles. The zero-order valence-corrected chi connectivity index (χ0v) is 21.7. The van der Waals surface area contributed by atoms with Crippen molar-refractivity contribution in [2.45, 2.75) is 45.5 Å². The highest BCUT2D eigenvalue weighted by Gasteiger charge is 2.28. The Labute approximate surface area is 204 Å². The van der Waals surface area contributed by atoms with Crippen LogP contribution >= 0.6 is 27.7 Å². The third-order valence-corrected chi connectivity index (χ3v) is 6.51. The lowest BCUT2D eigenvalue weighted by Crippen LogP contribution is -2.50. The Morgan fingerprint density at radius 2 is 1.69 bits per heavy atom. The van der Waals surface area contributed by atoms with Crippen molar-refractivity contribution in [1.82, 2.24) is 10.2 Å². The summed E-state index contributed by atoms with van der Waals surface area (Å²) in [6.45, 7) is 7.04. The van der Waals surface area contributed by atoms with Crippen LogP contribution in [0.5, 0.6) is 5.75 Å². The Morgan fingerprint density at radius 1 is 1.06 bits per heavy atom. The number of hydrogen-bond donors (Lipinski definition) is 1. The summed E-state index contributed by atoms with van der Waals surface area (Å²) in [5.41, 5.74) is 2.13. The van der Waals surface area contributed by atoms with Crippen molar-refractivity contribution >= 4 is 39.5 Å². The van der Waals surface area contributed by atoms with Crippen molar-refractivity contribution < 1.29 is 14.3 Å². The molecule has 2 rings (SSSR count). The Morgan fingerprint density at radius 3 is 2.25 bits per heavy atom. The molecule has 174 valence electrons. The number of rotatable bonds is 12. The van der Waals surface area contributed by atoms with Crippen LogP contribution in [0.1, 0.15) is 38.3 Å². The van der Waals surface area contributed by atoms with Crippen molar-refractivity contribution in [2.75, 3.05) is 19.4 Å². The first-order chi connectivity index (χ1) is 15.3. The highest BCUT2D eigenvalue weighted by Crippen LogP contribution is 2.20. The van der Waals surface area contributed by atoms with Gasteiger partial charge in [0.25, 0.3) is 0 Å². The Kier molecular flexibility index (Phi) is 11.1. The fourth-order valence-corrected chi connectivity index (χ4v) is 4.32. The van der Waals surface area contributed by atoms with Gasteiger partial charge < -0.3 is 15.0 Å². The molecule has 0 aromatic heterocycles. The van der Waals surface area contributed by atoms with E-state index in [-0.39, 0.29) is 11.8 Å². The van der Waals surface area contributed by atoms with Crippen LogP contribution in [0, 0.1) is 5.92 Å². The van der Waals surface area contributed by atoms with E-state index < -0.39 is 6.04 Å². The van der Waals surface area contributed by atoms with Crippen LogP contribution in [0.15, 0.2) is 53.0 Å². The van der Waals surface area contributed by atoms with Gasteiger partial charge in [-0.2, -0.15) is 0 Å². The van der Waals surface area contributed by atoms with Gasteiger partial charge in [0.15, 0.2) is 0 Å². The maximum atomic E-state index is 13.3. The lowest BCUT2D eigenvalue weighted by atomic mass is 10.1. The van der Waals surface area contributed by atoms with Gasteiger partial charge in [0.1, 0.15) is 11.8 Å². The summed E-state index contributed by atoms with van der Waals surface area (Å²) in [5.74, 6) is 2.05. The Hall–Kier alpha value is -1.99. The molecule has 1 N–H and O–H groups in total. The number of ether oxygens (including phenoxy) is 1. The summed E-state index contributed by atoms with van der Waals surface area (Å²) in [4.78, 5) is 27.9. The van der Waals surface area contributed by atoms with Gasteiger partial charge in [-0.25, -0.2) is 0 Å². The van der Waals surface area contributed by atoms with E-state index in [1.165, 1.54) is 0 Å². The number of nitrogens with one attached hydrogen (secondary N) is 1. The molecular weight excluding hydrogens is 488 g/mol. The number of hydrogen-bond acceptors (Lipinski definition) is 4. The second-order valence-electron chi connectivity index (χ2n) is 8.05. The van der Waals surface area contributed by atoms with Crippen LogP contribution in [0.2, 0.25) is 0 Å². The molecule has 2 amide bonds. The SMILES string of the molecule is CC[C@@H](C(=O)NCC(C)C)N(Cc1ccc(OC)cc1)C(=O)CSCc1ccc(Br)cc1. The fraction of sp³-hybridized carbons (Fsp3) is 0.440. The van der Waals surface area contributed by atoms with Crippen LogP contribution in [0.25, 0.3) is 0 Å². The molecule has 0 saturated carbocycles. The lowest BCUT2D eigenvalue weighted by molar-refractivity contribution is -0.139. The van der Waals surface area contributed by atoms with Gasteiger partial charge in [0.2, 0.25) is 11.8 Å². The fourth-order valence-electron chi connectivity index (χ4n) is 3.19. The van der Waals surface area contributed by atoms with Crippen molar-refractivity contribution in [3.63, 3.8) is 0 Å². The number of thioether (sulfide) groups is 1. The maximum absolute atomic E-state index is 13.3. The van der Waals surface area contributed by atoms with E-state index in [4.69, 9.17) is 4.74 Å². The number of benzene rings is 2. The first-order valence-corrected chi connectivity index (χ1v) is 12.8. The molecule has 0 heterocycles. The van der Waals surface area contributed by atoms with Crippen LogP contribution in [0.4, 0.5) is 0 Å². The predicted octanol–water partition coefficient (Wildman–Crippen LogP) is 5.27. The summed E-state index contributed by atoms with van der Waals surface area (Å²) in [6, 6.07) is 15.2. The molecule has 0 radical (unpaired) electrons. The quantitative estimate of drug-likeness (QED) is 0.414. The lowest BCUT2D eigenvalue weighted by Gasteiger charge is -2.31. The zero-order chi connectivity index (χ0) is 23.5. The van der Waals surface area contributed by atoms with Gasteiger partial charge in [0, 0.05) is 23.3 Å². The summed E-state index contributed by atoms with van der Waals surface area (Å²) < 4.78 is 6.27. The molecule has 0 spiro atoms. The van der Waals surface area contributed by atoms with Gasteiger partial charge in [-0.05, 0) is 47.7 Å². The van der Waals surface area contributed by atoms with Gasteiger partial charge in [-0.3, -0.25) is 9.59 Å². The van der Waals surface area contributed by atoms with E-state index in [2.05, 4.69) is 35.1 Å². The third-order valence-electron chi connectivity index (χ3n) is 4.99. The smallest absolute Gasteiger partial charge is 0.242 e. The molecule has 5 nitrogen and oxygen atoms in total. The number of carbonyl (C=O) groups excluding carboxylic acids is 2. The largest absolute Gasteiger partial charge is 0.497 e. The monoisotopic (exact) mass is 520 g/mol. The summed E-state index contributed by atoms with van der Waals surface area (Å²) in [7, 11) is 1.62. The highest BCUT2D eigenvalue weighted by atomic mass is 79.9. The van der Waals surface area contributed by atoms with E-state index >= 15 is 0 Å². The van der Waals surface area contributed by atoms with Crippen molar-refractivity contribution in [3.8, 4) is 5.75 Å². The molecule has 2 aromatic carbocycles. The average molecular weight is 522 g/mol. The van der Waals surface area contributed by atoms with Gasteiger partial charge in [-0.15, -0.1) is 11.8 Å². The second-order valence-corrected chi connectivity index (χ2v) is 9.95. The number of methoxy groups -OCH3 is 1. The third kappa shape index (κ3) is 8.51. The maximum Gasteiger partial charge on any atom is 0.242 e. The Balaban J connectivity index is 2.11. The standard InChI is InChI=1S/C25H33BrN2O3S/c1-5-23(25(30)27-14-18(2)3)28(15-19-8-12-22(31-4)13-9-19)24(29)17-32-16-20-6-10-21(26)11-7-20/h6-13,18,23H,5,14-17H2,1-4H3,(H,27,30)/t23-/m0/s1. The minimum absolute atomic E-state index is 0.0329. The number of carbonyl (C=O) groups is 2. The predicted molar refractivity (Wildman–Crippen MR) is 136 cm³/mol. The second kappa shape index (κ2) is 13.5. The molecule has 0 fully saturated rings. The highest BCUT2D eigenvalue weighted by molar-refractivity contribution is 9.10. The van der Waals surface area contributed by atoms with Gasteiger partial charge in [0.05, 0.1) is 12.9 Å². The van der Waals surface area contributed by atoms with E-state index in [9.17, 15) is 9.59 Å². The molecule has 32 heavy (non-hydrogen) atoms. The van der Waals surface area contributed by atoms with E-state index in [1.54, 1.807) is 23.8 Å². The average Bonchev–Trinajstić information content (AvgIpc) is 2.79. The molecule has 0 saturated heterocycles. The van der Waals surface area contributed by atoms with Crippen LogP contribution in [-0.4, -0.2) is 42.2 Å². The molecule has 0 aliphatic rings. The van der Waals surface area contributed by atoms with Crippen LogP contribution in [0.3, 0.4) is 0 Å². The van der Waals surface area contributed by atoms with Gasteiger partial charge >= 0.3 is 0 Å². The van der Waals surface area contributed by atoms with Crippen molar-refractivity contribution in [3.05, 3.63) is 64.1 Å². The van der Waals surface area contributed by atoms with Crippen LogP contribution in [-0.2, 0) is 21.9 Å². The molecule has 1 atom stereocenters. The summed E-state index contributed by atoms with van der Waals surface area (Å²) >= 11 is 5.01. The first kappa shape index (κ1) is 26.3. The normalized spacial score (nSPS) is 11.8. The van der Waals surface area contributed by atoms with E-state index in [1.807, 2.05) is 55.5 Å². The van der Waals surface area contributed by atoms with Crippen molar-refractivity contribution in [1.29, 1.82) is 0 Å². The first-order valence-electron chi connectivity index (χ1n) is 10.9. The Bertz CT molecular complexity index is 856. The topological polar surface area (TPSA) is 58.6 Å².